The van der Waals surface area contributed by atoms with Crippen LogP contribution in [0.15, 0.2) is 60.2 Å². The summed E-state index contributed by atoms with van der Waals surface area (Å²) in [7, 11) is 1.47. The first kappa shape index (κ1) is 25.0. The second-order valence-electron chi connectivity index (χ2n) is 8.56. The molecule has 4 rings (SSSR count). The molecule has 184 valence electrons. The molecule has 0 aliphatic carbocycles. The molecule has 1 saturated heterocycles. The van der Waals surface area contributed by atoms with E-state index in [9.17, 15) is 14.4 Å². The molecule has 8 heteroatoms. The normalized spacial score (nSPS) is 14.8. The summed E-state index contributed by atoms with van der Waals surface area (Å²) in [6.07, 6.45) is 1.37. The minimum atomic E-state index is -0.801. The average Bonchev–Trinajstić information content (AvgIpc) is 2.82. The van der Waals surface area contributed by atoms with E-state index in [0.717, 1.165) is 27.2 Å². The number of amides is 4. The Balaban J connectivity index is 1.66. The number of urea groups is 1. The first-order valence-corrected chi connectivity index (χ1v) is 11.6. The first-order valence-electron chi connectivity index (χ1n) is 11.2. The Labute approximate surface area is 214 Å². The molecule has 4 amide bonds. The molecule has 0 aromatic heterocycles. The number of carbonyl (C=O) groups excluding carboxylic acids is 3. The van der Waals surface area contributed by atoms with Gasteiger partial charge in [-0.25, -0.2) is 9.69 Å². The van der Waals surface area contributed by atoms with Gasteiger partial charge in [-0.05, 0) is 61.7 Å². The van der Waals surface area contributed by atoms with Gasteiger partial charge in [0.1, 0.15) is 12.2 Å². The number of hydrogen-bond donors (Lipinski definition) is 1. The summed E-state index contributed by atoms with van der Waals surface area (Å²) >= 11 is 6.50. The third-order valence-electron chi connectivity index (χ3n) is 5.72. The van der Waals surface area contributed by atoms with Crippen molar-refractivity contribution in [1.29, 1.82) is 0 Å². The van der Waals surface area contributed by atoms with Crippen LogP contribution >= 0.6 is 11.6 Å². The van der Waals surface area contributed by atoms with Gasteiger partial charge in [-0.2, -0.15) is 0 Å². The maximum Gasteiger partial charge on any atom is 0.335 e. The van der Waals surface area contributed by atoms with Crippen LogP contribution in [0.3, 0.4) is 0 Å². The fourth-order valence-electron chi connectivity index (χ4n) is 4.02. The van der Waals surface area contributed by atoms with Gasteiger partial charge in [-0.3, -0.25) is 14.9 Å². The van der Waals surface area contributed by atoms with Crippen molar-refractivity contribution in [3.8, 4) is 11.5 Å². The summed E-state index contributed by atoms with van der Waals surface area (Å²) in [6, 6.07) is 15.6. The van der Waals surface area contributed by atoms with Crippen LogP contribution in [0.5, 0.6) is 11.5 Å². The zero-order chi connectivity index (χ0) is 26.0. The molecule has 0 spiro atoms. The highest BCUT2D eigenvalue weighted by Crippen LogP contribution is 2.38. The standard InChI is InChI=1S/C28H25ClN2O5/c1-16-6-5-7-19(11-16)15-36-25-22(29)13-20(14-24(25)35-4)12-21-26(32)30-28(34)31(27(21)33)23-9-8-17(2)10-18(23)3/h5-14H,15H2,1-4H3,(H,30,32,34)/b21-12+. The summed E-state index contributed by atoms with van der Waals surface area (Å²) in [5, 5.41) is 2.49. The van der Waals surface area contributed by atoms with E-state index in [-0.39, 0.29) is 17.2 Å². The third-order valence-corrected chi connectivity index (χ3v) is 6.00. The number of rotatable bonds is 6. The third kappa shape index (κ3) is 5.11. The van der Waals surface area contributed by atoms with Gasteiger partial charge >= 0.3 is 6.03 Å². The first-order chi connectivity index (χ1) is 17.2. The molecule has 7 nitrogen and oxygen atoms in total. The van der Waals surface area contributed by atoms with Gasteiger partial charge in [0.2, 0.25) is 0 Å². The van der Waals surface area contributed by atoms with Crippen LogP contribution in [0.25, 0.3) is 6.08 Å². The fraction of sp³-hybridized carbons (Fsp3) is 0.179. The van der Waals surface area contributed by atoms with Gasteiger partial charge in [0.05, 0.1) is 17.8 Å². The predicted octanol–water partition coefficient (Wildman–Crippen LogP) is 5.52. The molecule has 0 bridgehead atoms. The van der Waals surface area contributed by atoms with Crippen molar-refractivity contribution in [2.24, 2.45) is 0 Å². The number of anilines is 1. The van der Waals surface area contributed by atoms with Crippen LogP contribution in [0.2, 0.25) is 5.02 Å². The zero-order valence-electron chi connectivity index (χ0n) is 20.3. The van der Waals surface area contributed by atoms with Gasteiger partial charge in [0, 0.05) is 0 Å². The highest BCUT2D eigenvalue weighted by molar-refractivity contribution is 6.39. The molecule has 1 heterocycles. The van der Waals surface area contributed by atoms with Crippen LogP contribution in [-0.2, 0) is 16.2 Å². The molecule has 1 aliphatic rings. The summed E-state index contributed by atoms with van der Waals surface area (Å²) in [6.45, 7) is 5.99. The van der Waals surface area contributed by atoms with E-state index in [1.807, 2.05) is 44.2 Å². The second-order valence-corrected chi connectivity index (χ2v) is 8.97. The number of aryl methyl sites for hydroxylation is 3. The Bertz CT molecular complexity index is 1410. The average molecular weight is 505 g/mol. The molecule has 0 atom stereocenters. The van der Waals surface area contributed by atoms with E-state index in [0.29, 0.717) is 22.7 Å². The zero-order valence-corrected chi connectivity index (χ0v) is 21.1. The summed E-state index contributed by atoms with van der Waals surface area (Å²) in [4.78, 5) is 39.4. The van der Waals surface area contributed by atoms with Crippen molar-refractivity contribution < 1.29 is 23.9 Å². The van der Waals surface area contributed by atoms with Crippen LogP contribution in [0.1, 0.15) is 27.8 Å². The Hall–Kier alpha value is -4.10. The maximum absolute atomic E-state index is 13.3. The monoisotopic (exact) mass is 504 g/mol. The van der Waals surface area contributed by atoms with E-state index < -0.39 is 17.8 Å². The highest BCUT2D eigenvalue weighted by atomic mass is 35.5. The lowest BCUT2D eigenvalue weighted by molar-refractivity contribution is -0.122. The maximum atomic E-state index is 13.3. The number of ether oxygens (including phenoxy) is 2. The molecular formula is C28H25ClN2O5. The minimum Gasteiger partial charge on any atom is -0.493 e. The molecule has 36 heavy (non-hydrogen) atoms. The number of methoxy groups -OCH3 is 1. The summed E-state index contributed by atoms with van der Waals surface area (Å²) in [5.41, 5.74) is 4.43. The van der Waals surface area contributed by atoms with Crippen LogP contribution < -0.4 is 19.7 Å². The van der Waals surface area contributed by atoms with Crippen molar-refractivity contribution in [3.05, 3.63) is 93.0 Å². The molecule has 3 aromatic rings. The van der Waals surface area contributed by atoms with Gasteiger partial charge in [-0.1, -0.05) is 59.1 Å². The smallest absolute Gasteiger partial charge is 0.335 e. The lowest BCUT2D eigenvalue weighted by Crippen LogP contribution is -2.54. The molecule has 0 radical (unpaired) electrons. The number of imide groups is 2. The molecule has 0 unspecified atom stereocenters. The Kier molecular flexibility index (Phi) is 7.12. The van der Waals surface area contributed by atoms with Crippen LogP contribution in [0.4, 0.5) is 10.5 Å². The number of nitrogens with zero attached hydrogens (tertiary/aromatic N) is 1. The summed E-state index contributed by atoms with van der Waals surface area (Å²) < 4.78 is 11.4. The van der Waals surface area contributed by atoms with E-state index in [1.165, 1.54) is 13.2 Å². The van der Waals surface area contributed by atoms with Crippen molar-refractivity contribution in [1.82, 2.24) is 5.32 Å². The molecule has 1 fully saturated rings. The SMILES string of the molecule is COc1cc(/C=C2\C(=O)NC(=O)N(c3ccc(C)cc3C)C2=O)cc(Cl)c1OCc1cccc(C)c1. The van der Waals surface area contributed by atoms with Crippen molar-refractivity contribution >= 4 is 41.2 Å². The van der Waals surface area contributed by atoms with E-state index in [1.54, 1.807) is 31.2 Å². The van der Waals surface area contributed by atoms with Crippen molar-refractivity contribution in [2.75, 3.05) is 12.0 Å². The number of halogens is 1. The number of hydrogen-bond acceptors (Lipinski definition) is 5. The molecular weight excluding hydrogens is 480 g/mol. The highest BCUT2D eigenvalue weighted by Gasteiger charge is 2.37. The van der Waals surface area contributed by atoms with Gasteiger partial charge < -0.3 is 9.47 Å². The fourth-order valence-corrected chi connectivity index (χ4v) is 4.29. The predicted molar refractivity (Wildman–Crippen MR) is 138 cm³/mol. The quantitative estimate of drug-likeness (QED) is 0.353. The number of barbiturate groups is 1. The largest absolute Gasteiger partial charge is 0.493 e. The Morgan fingerprint density at radius 3 is 2.42 bits per heavy atom. The van der Waals surface area contributed by atoms with E-state index >= 15 is 0 Å². The number of benzene rings is 3. The lowest BCUT2D eigenvalue weighted by Gasteiger charge is -2.27. The second kappa shape index (κ2) is 10.3. The van der Waals surface area contributed by atoms with Crippen LogP contribution in [0, 0.1) is 20.8 Å². The molecule has 1 aliphatic heterocycles. The van der Waals surface area contributed by atoms with Crippen molar-refractivity contribution in [3.63, 3.8) is 0 Å². The molecule has 3 aromatic carbocycles. The minimum absolute atomic E-state index is 0.207. The van der Waals surface area contributed by atoms with E-state index in [4.69, 9.17) is 21.1 Å². The van der Waals surface area contributed by atoms with Crippen LogP contribution in [-0.4, -0.2) is 25.0 Å². The molecule has 1 N–H and O–H groups in total. The lowest BCUT2D eigenvalue weighted by atomic mass is 10.0. The molecule has 0 saturated carbocycles. The Morgan fingerprint density at radius 1 is 0.972 bits per heavy atom. The van der Waals surface area contributed by atoms with Gasteiger partial charge in [-0.15, -0.1) is 0 Å². The van der Waals surface area contributed by atoms with E-state index in [2.05, 4.69) is 5.32 Å². The Morgan fingerprint density at radius 2 is 1.72 bits per heavy atom. The van der Waals surface area contributed by atoms with Crippen molar-refractivity contribution in [2.45, 2.75) is 27.4 Å². The van der Waals surface area contributed by atoms with Gasteiger partial charge in [0.15, 0.2) is 11.5 Å². The van der Waals surface area contributed by atoms with Gasteiger partial charge in [0.25, 0.3) is 11.8 Å². The summed E-state index contributed by atoms with van der Waals surface area (Å²) in [5.74, 6) is -0.839. The number of carbonyl (C=O) groups is 3. The topological polar surface area (TPSA) is 84.9 Å². The number of nitrogens with one attached hydrogen (secondary N) is 1.